The molecule has 7 heteroatoms. The van der Waals surface area contributed by atoms with Gasteiger partial charge in [-0.3, -0.25) is 19.3 Å². The van der Waals surface area contributed by atoms with Crippen LogP contribution >= 0.6 is 0 Å². The molecule has 1 saturated heterocycles. The van der Waals surface area contributed by atoms with E-state index in [0.29, 0.717) is 25.9 Å². The molecule has 2 aromatic heterocycles. The number of nitrogens with zero attached hydrogens (tertiary/aromatic N) is 4. The van der Waals surface area contributed by atoms with E-state index in [9.17, 15) is 9.59 Å². The van der Waals surface area contributed by atoms with Crippen LogP contribution in [0.3, 0.4) is 0 Å². The van der Waals surface area contributed by atoms with E-state index in [1.165, 1.54) is 0 Å². The zero-order valence-corrected chi connectivity index (χ0v) is 18.6. The molecule has 5 rings (SSSR count). The van der Waals surface area contributed by atoms with Crippen LogP contribution < -0.4 is 5.32 Å². The highest BCUT2D eigenvalue weighted by Crippen LogP contribution is 2.54. The van der Waals surface area contributed by atoms with Crippen LogP contribution in [0.5, 0.6) is 0 Å². The number of benzene rings is 1. The van der Waals surface area contributed by atoms with Crippen LogP contribution in [0.15, 0.2) is 48.8 Å². The number of aromatic nitrogens is 3. The monoisotopic (exact) mass is 429 g/mol. The Morgan fingerprint density at radius 2 is 2.00 bits per heavy atom. The number of hydrogen-bond donors (Lipinski definition) is 1. The molecule has 1 aromatic carbocycles. The minimum absolute atomic E-state index is 0.0260. The second kappa shape index (κ2) is 7.58. The van der Waals surface area contributed by atoms with Gasteiger partial charge >= 0.3 is 0 Å². The van der Waals surface area contributed by atoms with E-state index in [0.717, 1.165) is 33.8 Å². The van der Waals surface area contributed by atoms with Gasteiger partial charge in [0.15, 0.2) is 0 Å². The van der Waals surface area contributed by atoms with E-state index in [1.54, 1.807) is 12.4 Å². The molecule has 164 valence electrons. The lowest BCUT2D eigenvalue weighted by Gasteiger charge is -2.34. The second-order valence-electron chi connectivity index (χ2n) is 8.77. The number of pyridine rings is 1. The molecule has 2 unspecified atom stereocenters. The first kappa shape index (κ1) is 20.4. The molecule has 2 aliphatic rings. The van der Waals surface area contributed by atoms with Gasteiger partial charge in [-0.2, -0.15) is 5.10 Å². The van der Waals surface area contributed by atoms with Crippen LogP contribution in [0.4, 0.5) is 5.69 Å². The molecule has 2 aliphatic heterocycles. The van der Waals surface area contributed by atoms with Crippen LogP contribution in [-0.4, -0.2) is 38.0 Å². The topological polar surface area (TPSA) is 80.1 Å². The van der Waals surface area contributed by atoms with Crippen LogP contribution in [-0.2, 0) is 21.5 Å². The highest BCUT2D eigenvalue weighted by atomic mass is 16.2. The molecule has 32 heavy (non-hydrogen) atoms. The Morgan fingerprint density at radius 3 is 2.72 bits per heavy atom. The van der Waals surface area contributed by atoms with Gasteiger partial charge in [-0.1, -0.05) is 24.3 Å². The molecular formula is C25H27N5O2. The molecule has 0 aliphatic carbocycles. The molecule has 2 amide bonds. The standard InChI is InChI=1S/C25H27N5O2/c1-16-17(2)28-30(18(16)3)13-10-22(31)29-14-11-25(23(29)19-7-6-12-26-15-19)20-8-4-5-9-21(20)27-24(25)32/h4-9,12,15,23H,10-11,13-14H2,1-3H3,(H,27,32). The number of carbonyl (C=O) groups is 2. The summed E-state index contributed by atoms with van der Waals surface area (Å²) < 4.78 is 1.91. The van der Waals surface area contributed by atoms with Gasteiger partial charge in [0.25, 0.3) is 0 Å². The minimum atomic E-state index is -0.802. The van der Waals surface area contributed by atoms with Gasteiger partial charge < -0.3 is 10.2 Å². The van der Waals surface area contributed by atoms with E-state index in [-0.39, 0.29) is 11.8 Å². The first-order chi connectivity index (χ1) is 15.4. The van der Waals surface area contributed by atoms with Gasteiger partial charge in [0.1, 0.15) is 5.41 Å². The molecule has 7 nitrogen and oxygen atoms in total. The SMILES string of the molecule is Cc1nn(CCC(=O)N2CCC3(C(=O)Nc4ccccc43)C2c2cccnc2)c(C)c1C. The Kier molecular flexibility index (Phi) is 4.84. The predicted molar refractivity (Wildman–Crippen MR) is 121 cm³/mol. The maximum atomic E-state index is 13.5. The fourth-order valence-electron chi connectivity index (χ4n) is 5.31. The summed E-state index contributed by atoms with van der Waals surface area (Å²) in [5, 5.41) is 7.62. The number of aryl methyl sites for hydroxylation is 2. The lowest BCUT2D eigenvalue weighted by Crippen LogP contribution is -2.42. The van der Waals surface area contributed by atoms with Crippen molar-refractivity contribution < 1.29 is 9.59 Å². The summed E-state index contributed by atoms with van der Waals surface area (Å²) in [6.07, 6.45) is 4.40. The van der Waals surface area contributed by atoms with Crippen molar-refractivity contribution in [3.05, 3.63) is 76.9 Å². The number of amides is 2. The minimum Gasteiger partial charge on any atom is -0.334 e. The van der Waals surface area contributed by atoms with Gasteiger partial charge in [0, 0.05) is 43.3 Å². The molecule has 0 saturated carbocycles. The number of para-hydroxylation sites is 1. The summed E-state index contributed by atoms with van der Waals surface area (Å²) in [5.41, 5.74) is 5.10. The average molecular weight is 430 g/mol. The number of rotatable bonds is 4. The predicted octanol–water partition coefficient (Wildman–Crippen LogP) is 3.46. The highest BCUT2D eigenvalue weighted by molar-refractivity contribution is 6.07. The Labute approximate surface area is 187 Å². The molecule has 1 fully saturated rings. The summed E-state index contributed by atoms with van der Waals surface area (Å²) in [7, 11) is 0. The third kappa shape index (κ3) is 2.95. The van der Waals surface area contributed by atoms with Crippen LogP contribution in [0.25, 0.3) is 0 Å². The molecular weight excluding hydrogens is 402 g/mol. The van der Waals surface area contributed by atoms with Gasteiger partial charge in [-0.15, -0.1) is 0 Å². The molecule has 1 spiro atoms. The largest absolute Gasteiger partial charge is 0.334 e. The average Bonchev–Trinajstić information content (AvgIpc) is 3.42. The van der Waals surface area contributed by atoms with E-state index in [2.05, 4.69) is 22.3 Å². The van der Waals surface area contributed by atoms with E-state index in [1.807, 2.05) is 59.8 Å². The van der Waals surface area contributed by atoms with E-state index < -0.39 is 11.5 Å². The summed E-state index contributed by atoms with van der Waals surface area (Å²) in [6, 6.07) is 11.2. The first-order valence-electron chi connectivity index (χ1n) is 11.0. The molecule has 1 N–H and O–H groups in total. The zero-order chi connectivity index (χ0) is 22.5. The lowest BCUT2D eigenvalue weighted by atomic mass is 9.73. The number of carbonyl (C=O) groups excluding carboxylic acids is 2. The van der Waals surface area contributed by atoms with Crippen molar-refractivity contribution in [1.82, 2.24) is 19.7 Å². The lowest BCUT2D eigenvalue weighted by molar-refractivity contribution is -0.133. The molecule has 3 aromatic rings. The van der Waals surface area contributed by atoms with E-state index in [4.69, 9.17) is 0 Å². The highest BCUT2D eigenvalue weighted by Gasteiger charge is 2.59. The van der Waals surface area contributed by atoms with Crippen molar-refractivity contribution >= 4 is 17.5 Å². The number of fused-ring (bicyclic) bond motifs is 2. The Morgan fingerprint density at radius 1 is 1.19 bits per heavy atom. The smallest absolute Gasteiger partial charge is 0.237 e. The molecule has 0 bridgehead atoms. The van der Waals surface area contributed by atoms with Crippen molar-refractivity contribution in [1.29, 1.82) is 0 Å². The van der Waals surface area contributed by atoms with Crippen LogP contribution in [0, 0.1) is 20.8 Å². The number of anilines is 1. The Bertz CT molecular complexity index is 1200. The van der Waals surface area contributed by atoms with Crippen LogP contribution in [0.2, 0.25) is 0 Å². The first-order valence-corrected chi connectivity index (χ1v) is 11.0. The number of likely N-dealkylation sites (tertiary alicyclic amines) is 1. The van der Waals surface area contributed by atoms with Crippen molar-refractivity contribution in [3.8, 4) is 0 Å². The zero-order valence-electron chi connectivity index (χ0n) is 18.6. The maximum Gasteiger partial charge on any atom is 0.237 e. The summed E-state index contributed by atoms with van der Waals surface area (Å²) >= 11 is 0. The number of nitrogens with one attached hydrogen (secondary N) is 1. The molecule has 4 heterocycles. The Balaban J connectivity index is 1.50. The quantitative estimate of drug-likeness (QED) is 0.689. The third-order valence-electron chi connectivity index (χ3n) is 7.19. The van der Waals surface area contributed by atoms with Crippen molar-refractivity contribution in [2.45, 2.75) is 51.6 Å². The van der Waals surface area contributed by atoms with Gasteiger partial charge in [-0.25, -0.2) is 0 Å². The third-order valence-corrected chi connectivity index (χ3v) is 7.19. The summed E-state index contributed by atoms with van der Waals surface area (Å²) in [6.45, 7) is 7.11. The van der Waals surface area contributed by atoms with Gasteiger partial charge in [0.05, 0.1) is 11.7 Å². The second-order valence-corrected chi connectivity index (χ2v) is 8.77. The molecule has 0 radical (unpaired) electrons. The molecule has 2 atom stereocenters. The fourth-order valence-corrected chi connectivity index (χ4v) is 5.31. The summed E-state index contributed by atoms with van der Waals surface area (Å²) in [5.74, 6) is -0.0184. The fraction of sp³-hybridized carbons (Fsp3) is 0.360. The summed E-state index contributed by atoms with van der Waals surface area (Å²) in [4.78, 5) is 33.0. The van der Waals surface area contributed by atoms with Crippen molar-refractivity contribution in [3.63, 3.8) is 0 Å². The number of hydrogen-bond acceptors (Lipinski definition) is 4. The van der Waals surface area contributed by atoms with Gasteiger partial charge in [-0.05, 0) is 56.0 Å². The van der Waals surface area contributed by atoms with Crippen molar-refractivity contribution in [2.24, 2.45) is 0 Å². The van der Waals surface area contributed by atoms with Crippen LogP contribution in [0.1, 0.15) is 47.0 Å². The van der Waals surface area contributed by atoms with Crippen molar-refractivity contribution in [2.75, 3.05) is 11.9 Å². The normalized spacial score (nSPS) is 21.8. The Hall–Kier alpha value is -3.48. The van der Waals surface area contributed by atoms with E-state index >= 15 is 0 Å². The van der Waals surface area contributed by atoms with Gasteiger partial charge in [0.2, 0.25) is 11.8 Å². The maximum absolute atomic E-state index is 13.5.